The van der Waals surface area contributed by atoms with E-state index in [0.29, 0.717) is 16.0 Å². The third-order valence-corrected chi connectivity index (χ3v) is 8.19. The first-order valence-electron chi connectivity index (χ1n) is 9.44. The third-order valence-electron chi connectivity index (χ3n) is 5.12. The number of carbonyl (C=O) groups is 1. The lowest BCUT2D eigenvalue weighted by Gasteiger charge is -2.32. The van der Waals surface area contributed by atoms with Gasteiger partial charge in [-0.15, -0.1) is 11.3 Å². The van der Waals surface area contributed by atoms with Crippen LogP contribution in [0.25, 0.3) is 10.1 Å². The summed E-state index contributed by atoms with van der Waals surface area (Å²) in [7, 11) is -2.50. The molecule has 1 amide bonds. The van der Waals surface area contributed by atoms with E-state index in [1.165, 1.54) is 27.8 Å². The molecule has 1 atom stereocenters. The summed E-state index contributed by atoms with van der Waals surface area (Å²) in [5.74, 6) is -1.03. The summed E-state index contributed by atoms with van der Waals surface area (Å²) in [5.41, 5.74) is 1.32. The van der Waals surface area contributed by atoms with Crippen molar-refractivity contribution >= 4 is 37.4 Å². The monoisotopic (exact) mass is 448 g/mol. The fourth-order valence-electron chi connectivity index (χ4n) is 3.63. The number of rotatable bonds is 4. The van der Waals surface area contributed by atoms with Crippen molar-refractivity contribution in [2.75, 3.05) is 26.7 Å². The molecule has 6 nitrogen and oxygen atoms in total. The largest absolute Gasteiger partial charge is 0.371 e. The van der Waals surface area contributed by atoms with Gasteiger partial charge in [-0.3, -0.25) is 4.79 Å². The zero-order chi connectivity index (χ0) is 21.5. The van der Waals surface area contributed by atoms with Gasteiger partial charge in [-0.25, -0.2) is 12.8 Å². The van der Waals surface area contributed by atoms with E-state index >= 15 is 0 Å². The second-order valence-electron chi connectivity index (χ2n) is 7.08. The molecular weight excluding hydrogens is 427 g/mol. The minimum atomic E-state index is -4.05. The van der Waals surface area contributed by atoms with E-state index < -0.39 is 21.9 Å². The molecule has 9 heteroatoms. The first-order chi connectivity index (χ1) is 14.3. The Morgan fingerprint density at radius 3 is 2.80 bits per heavy atom. The molecular formula is C21H21FN2O4S2. The molecule has 0 aliphatic carbocycles. The van der Waals surface area contributed by atoms with Crippen LogP contribution >= 0.6 is 11.3 Å². The van der Waals surface area contributed by atoms with Crippen LogP contribution in [0, 0.1) is 12.7 Å². The lowest BCUT2D eigenvalue weighted by molar-refractivity contribution is -0.00197. The Hall–Kier alpha value is -2.33. The first kappa shape index (κ1) is 20.9. The molecule has 4 rings (SSSR count). The van der Waals surface area contributed by atoms with Crippen LogP contribution in [0.2, 0.25) is 0 Å². The summed E-state index contributed by atoms with van der Waals surface area (Å²) in [6.07, 6.45) is -0.634. The number of thiophene rings is 1. The van der Waals surface area contributed by atoms with Gasteiger partial charge in [0.25, 0.3) is 5.91 Å². The Kier molecular flexibility index (Phi) is 5.63. The zero-order valence-corrected chi connectivity index (χ0v) is 18.1. The van der Waals surface area contributed by atoms with Gasteiger partial charge < -0.3 is 10.1 Å². The maximum atomic E-state index is 14.3. The van der Waals surface area contributed by atoms with Gasteiger partial charge in [0.1, 0.15) is 10.7 Å². The number of ether oxygens (including phenoxy) is 1. The van der Waals surface area contributed by atoms with Crippen molar-refractivity contribution in [3.8, 4) is 0 Å². The number of carbonyl (C=O) groups excluding carboxylic acids is 1. The summed E-state index contributed by atoms with van der Waals surface area (Å²) < 4.78 is 48.7. The number of halogens is 1. The number of aryl methyl sites for hydroxylation is 1. The van der Waals surface area contributed by atoms with Gasteiger partial charge >= 0.3 is 0 Å². The number of sulfonamides is 1. The second kappa shape index (κ2) is 8.07. The van der Waals surface area contributed by atoms with Gasteiger partial charge in [0.15, 0.2) is 0 Å². The van der Waals surface area contributed by atoms with Crippen LogP contribution in [-0.2, 0) is 14.8 Å². The van der Waals surface area contributed by atoms with E-state index in [1.807, 2.05) is 24.3 Å². The molecule has 0 radical (unpaired) electrons. The molecule has 1 fully saturated rings. The van der Waals surface area contributed by atoms with Crippen LogP contribution in [0.3, 0.4) is 0 Å². The van der Waals surface area contributed by atoms with Crippen molar-refractivity contribution in [2.45, 2.75) is 17.9 Å². The zero-order valence-electron chi connectivity index (χ0n) is 16.5. The molecule has 0 saturated carbocycles. The predicted molar refractivity (Wildman–Crippen MR) is 114 cm³/mol. The Morgan fingerprint density at radius 2 is 2.03 bits per heavy atom. The van der Waals surface area contributed by atoms with E-state index in [2.05, 4.69) is 5.32 Å². The quantitative estimate of drug-likeness (QED) is 0.663. The van der Waals surface area contributed by atoms with Gasteiger partial charge in [-0.05, 0) is 36.1 Å². The molecule has 1 aliphatic heterocycles. The van der Waals surface area contributed by atoms with Gasteiger partial charge in [0, 0.05) is 30.4 Å². The van der Waals surface area contributed by atoms with Crippen LogP contribution in [-0.4, -0.2) is 45.4 Å². The standard InChI is InChI=1S/C21H21FN2O4S2/c1-13-7-8-15(22)18(11-13)30(26,27)24-9-10-28-16(12-24)19-14-5-3-4-6-17(14)29-20(19)21(25)23-2/h3-8,11,16H,9-10,12H2,1-2H3,(H,23,25). The molecule has 3 aromatic rings. The number of fused-ring (bicyclic) bond motifs is 1. The first-order valence-corrected chi connectivity index (χ1v) is 11.7. The summed E-state index contributed by atoms with van der Waals surface area (Å²) in [6, 6.07) is 11.6. The lowest BCUT2D eigenvalue weighted by atomic mass is 10.0. The number of amides is 1. The highest BCUT2D eigenvalue weighted by Crippen LogP contribution is 2.39. The Balaban J connectivity index is 1.75. The normalized spacial score (nSPS) is 17.9. The van der Waals surface area contributed by atoms with Gasteiger partial charge in [0.2, 0.25) is 10.0 Å². The summed E-state index contributed by atoms with van der Waals surface area (Å²) >= 11 is 1.34. The minimum absolute atomic E-state index is 0.000434. The van der Waals surface area contributed by atoms with Crippen molar-refractivity contribution in [2.24, 2.45) is 0 Å². The van der Waals surface area contributed by atoms with E-state index in [-0.39, 0.29) is 30.5 Å². The van der Waals surface area contributed by atoms with E-state index in [4.69, 9.17) is 4.74 Å². The number of hydrogen-bond acceptors (Lipinski definition) is 5. The van der Waals surface area contributed by atoms with Crippen LogP contribution in [0.15, 0.2) is 47.4 Å². The van der Waals surface area contributed by atoms with Crippen molar-refractivity contribution in [3.05, 3.63) is 64.3 Å². The van der Waals surface area contributed by atoms with E-state index in [9.17, 15) is 17.6 Å². The van der Waals surface area contributed by atoms with E-state index in [1.54, 1.807) is 14.0 Å². The molecule has 1 unspecified atom stereocenters. The molecule has 158 valence electrons. The van der Waals surface area contributed by atoms with Crippen LogP contribution in [0.4, 0.5) is 4.39 Å². The molecule has 2 aromatic carbocycles. The SMILES string of the molecule is CNC(=O)c1sc2ccccc2c1C1CN(S(=O)(=O)c2cc(C)ccc2F)CCO1. The summed E-state index contributed by atoms with van der Waals surface area (Å²) in [5, 5.41) is 3.49. The highest BCUT2D eigenvalue weighted by atomic mass is 32.2. The van der Waals surface area contributed by atoms with Crippen molar-refractivity contribution in [1.29, 1.82) is 0 Å². The summed E-state index contributed by atoms with van der Waals surface area (Å²) in [4.78, 5) is 12.6. The van der Waals surface area contributed by atoms with Crippen molar-refractivity contribution < 1.29 is 22.3 Å². The number of hydrogen-bond donors (Lipinski definition) is 1. The number of nitrogens with one attached hydrogen (secondary N) is 1. The summed E-state index contributed by atoms with van der Waals surface area (Å²) in [6.45, 7) is 1.98. The van der Waals surface area contributed by atoms with E-state index in [0.717, 1.165) is 16.2 Å². The lowest BCUT2D eigenvalue weighted by Crippen LogP contribution is -2.42. The molecule has 0 spiro atoms. The highest BCUT2D eigenvalue weighted by molar-refractivity contribution is 7.89. The average Bonchev–Trinajstić information content (AvgIpc) is 3.14. The molecule has 30 heavy (non-hydrogen) atoms. The fourth-order valence-corrected chi connectivity index (χ4v) is 6.41. The highest BCUT2D eigenvalue weighted by Gasteiger charge is 2.36. The molecule has 1 aliphatic rings. The van der Waals surface area contributed by atoms with Gasteiger partial charge in [-0.2, -0.15) is 4.31 Å². The molecule has 1 saturated heterocycles. The molecule has 0 bridgehead atoms. The van der Waals surface area contributed by atoms with Gasteiger partial charge in [-0.1, -0.05) is 24.3 Å². The van der Waals surface area contributed by atoms with Crippen molar-refractivity contribution in [3.63, 3.8) is 0 Å². The molecule has 1 N–H and O–H groups in total. The predicted octanol–water partition coefficient (Wildman–Crippen LogP) is 3.47. The van der Waals surface area contributed by atoms with Crippen LogP contribution in [0.5, 0.6) is 0 Å². The second-order valence-corrected chi connectivity index (χ2v) is 10.0. The average molecular weight is 449 g/mol. The van der Waals surface area contributed by atoms with Crippen LogP contribution < -0.4 is 5.32 Å². The Morgan fingerprint density at radius 1 is 1.27 bits per heavy atom. The van der Waals surface area contributed by atoms with Crippen LogP contribution in [0.1, 0.15) is 26.9 Å². The van der Waals surface area contributed by atoms with Gasteiger partial charge in [0.05, 0.1) is 17.6 Å². The maximum absolute atomic E-state index is 14.3. The molecule has 1 aromatic heterocycles. The number of morpholine rings is 1. The molecule has 2 heterocycles. The topological polar surface area (TPSA) is 75.7 Å². The number of benzene rings is 2. The Labute approximate surface area is 178 Å². The fraction of sp³-hybridized carbons (Fsp3) is 0.286. The Bertz CT molecular complexity index is 1220. The maximum Gasteiger partial charge on any atom is 0.261 e. The third kappa shape index (κ3) is 3.62. The van der Waals surface area contributed by atoms with Crippen molar-refractivity contribution in [1.82, 2.24) is 9.62 Å². The smallest absolute Gasteiger partial charge is 0.261 e. The number of nitrogens with zero attached hydrogens (tertiary/aromatic N) is 1. The minimum Gasteiger partial charge on any atom is -0.371 e.